The van der Waals surface area contributed by atoms with E-state index in [0.717, 1.165) is 35.1 Å². The number of ketones is 2. The van der Waals surface area contributed by atoms with Gasteiger partial charge < -0.3 is 19.3 Å². The largest absolute Gasteiger partial charge is 0.386 e. The Balaban J connectivity index is 1.26. The van der Waals surface area contributed by atoms with E-state index >= 15 is 0 Å². The quantitative estimate of drug-likeness (QED) is 0.346. The Morgan fingerprint density at radius 2 is 1.84 bits per heavy atom. The second kappa shape index (κ2) is 7.54. The van der Waals surface area contributed by atoms with Gasteiger partial charge in [0.1, 0.15) is 30.4 Å². The number of hydrogen-bond acceptors (Lipinski definition) is 6. The minimum Gasteiger partial charge on any atom is -0.386 e. The average molecular weight is 519 g/mol. The van der Waals surface area contributed by atoms with Gasteiger partial charge in [0, 0.05) is 23.7 Å². The first-order valence-electron chi connectivity index (χ1n) is 14.0. The van der Waals surface area contributed by atoms with E-state index in [1.807, 2.05) is 44.2 Å². The zero-order chi connectivity index (χ0) is 26.9. The van der Waals surface area contributed by atoms with Crippen LogP contribution < -0.4 is 0 Å². The van der Waals surface area contributed by atoms with Crippen LogP contribution in [-0.2, 0) is 30.4 Å². The second-order valence-corrected chi connectivity index (χ2v) is 13.7. The molecule has 202 valence electrons. The summed E-state index contributed by atoms with van der Waals surface area (Å²) < 4.78 is 18.8. The van der Waals surface area contributed by atoms with Gasteiger partial charge in [0.15, 0.2) is 5.78 Å². The molecule has 1 aromatic rings. The lowest BCUT2D eigenvalue weighted by Gasteiger charge is -2.68. The van der Waals surface area contributed by atoms with Crippen molar-refractivity contribution in [1.29, 1.82) is 0 Å². The summed E-state index contributed by atoms with van der Waals surface area (Å²) in [5.74, 6) is -0.449. The van der Waals surface area contributed by atoms with Gasteiger partial charge in [-0.25, -0.2) is 0 Å². The molecule has 3 saturated carbocycles. The molecule has 0 radical (unpaired) electrons. The van der Waals surface area contributed by atoms with Crippen LogP contribution in [0.15, 0.2) is 53.6 Å². The molecule has 8 atom stereocenters. The highest BCUT2D eigenvalue weighted by atomic mass is 16.7. The Morgan fingerprint density at radius 1 is 1.11 bits per heavy atom. The predicted octanol–water partition coefficient (Wildman–Crippen LogP) is 4.70. The number of hydrogen-bond donors (Lipinski definition) is 1. The van der Waals surface area contributed by atoms with Crippen molar-refractivity contribution in [2.24, 2.45) is 27.6 Å². The van der Waals surface area contributed by atoms with Gasteiger partial charge >= 0.3 is 0 Å². The highest BCUT2D eigenvalue weighted by Gasteiger charge is 2.83. The maximum Gasteiger partial charge on any atom is 0.165 e. The van der Waals surface area contributed by atoms with Crippen LogP contribution in [0.25, 0.3) is 0 Å². The fraction of sp³-hybridized carbons (Fsp3) is 0.625. The zero-order valence-corrected chi connectivity index (χ0v) is 22.8. The maximum atomic E-state index is 14.1. The number of aliphatic hydroxyl groups is 1. The summed E-state index contributed by atoms with van der Waals surface area (Å²) in [5, 5.41) is 12.0. The lowest BCUT2D eigenvalue weighted by molar-refractivity contribution is -0.144. The van der Waals surface area contributed by atoms with Crippen LogP contribution in [0.2, 0.25) is 0 Å². The fourth-order valence-corrected chi connectivity index (χ4v) is 10.3. The van der Waals surface area contributed by atoms with Crippen molar-refractivity contribution >= 4 is 11.6 Å². The molecule has 5 fully saturated rings. The molecule has 1 N–H and O–H groups in total. The average Bonchev–Trinajstić information content (AvgIpc) is 3.48. The monoisotopic (exact) mass is 518 g/mol. The van der Waals surface area contributed by atoms with Crippen molar-refractivity contribution in [3.8, 4) is 0 Å². The molecule has 5 aliphatic carbocycles. The third-order valence-corrected chi connectivity index (χ3v) is 12.0. The van der Waals surface area contributed by atoms with E-state index in [9.17, 15) is 14.7 Å². The van der Waals surface area contributed by atoms with Gasteiger partial charge in [0.25, 0.3) is 0 Å². The Labute approximate surface area is 224 Å². The molecule has 7 aliphatic rings. The first-order chi connectivity index (χ1) is 17.9. The van der Waals surface area contributed by atoms with E-state index in [0.29, 0.717) is 13.0 Å². The van der Waals surface area contributed by atoms with Crippen LogP contribution in [0.3, 0.4) is 0 Å². The zero-order valence-electron chi connectivity index (χ0n) is 22.8. The Hall–Kier alpha value is -2.12. The summed E-state index contributed by atoms with van der Waals surface area (Å²) >= 11 is 0. The molecule has 6 nitrogen and oxygen atoms in total. The summed E-state index contributed by atoms with van der Waals surface area (Å²) in [4.78, 5) is 27.0. The second-order valence-electron chi connectivity index (χ2n) is 13.7. The summed E-state index contributed by atoms with van der Waals surface area (Å²) in [6, 6.07) is 10.0. The number of aliphatic hydroxyl groups excluding tert-OH is 1. The van der Waals surface area contributed by atoms with Crippen molar-refractivity contribution in [3.05, 3.63) is 59.2 Å². The number of carbonyl (C=O) groups is 2. The number of fused-ring (bicyclic) bond motifs is 2. The Bertz CT molecular complexity index is 1300. The lowest BCUT2D eigenvalue weighted by atomic mass is 9.35. The fourth-order valence-electron chi connectivity index (χ4n) is 10.3. The highest BCUT2D eigenvalue weighted by Crippen LogP contribution is 2.86. The van der Waals surface area contributed by atoms with Crippen molar-refractivity contribution in [1.82, 2.24) is 0 Å². The van der Waals surface area contributed by atoms with E-state index in [1.54, 1.807) is 0 Å². The van der Waals surface area contributed by atoms with Crippen molar-refractivity contribution in [3.63, 3.8) is 0 Å². The van der Waals surface area contributed by atoms with E-state index in [4.69, 9.17) is 14.2 Å². The minimum atomic E-state index is -1.16. The molecule has 0 aromatic heterocycles. The number of ether oxygens (including phenoxy) is 3. The topological polar surface area (TPSA) is 82.1 Å². The normalized spacial score (nSPS) is 46.0. The maximum absolute atomic E-state index is 14.1. The standard InChI is InChI=1S/C32H38O6/c1-18-29(4)15-24(37-17-36-16-19-9-7-6-8-10-19)32(18)21-13-22(33)25-28(2,3)27-23(34)14-31(25,38-27)26(35)20(21)11-12-30(29,32)5/h6-10,24-27,35H,1,11-17H2,2-5H3/t24-,25+,26+,27-,29+,30-,31+,32-/m0/s1. The van der Waals surface area contributed by atoms with Gasteiger partial charge in [-0.05, 0) is 46.8 Å². The molecule has 8 rings (SSSR count). The number of rotatable bonds is 5. The first kappa shape index (κ1) is 24.9. The van der Waals surface area contributed by atoms with Crippen LogP contribution >= 0.6 is 0 Å². The summed E-state index contributed by atoms with van der Waals surface area (Å²) in [7, 11) is 0. The van der Waals surface area contributed by atoms with Gasteiger partial charge in [-0.3, -0.25) is 9.59 Å². The molecular formula is C32H38O6. The van der Waals surface area contributed by atoms with E-state index in [-0.39, 0.29) is 48.1 Å². The molecule has 2 aliphatic heterocycles. The molecule has 2 saturated heterocycles. The summed E-state index contributed by atoms with van der Waals surface area (Å²) in [5.41, 5.74) is 1.50. The Kier molecular flexibility index (Phi) is 4.94. The molecule has 38 heavy (non-hydrogen) atoms. The van der Waals surface area contributed by atoms with Gasteiger partial charge in [0.05, 0.1) is 18.6 Å². The molecule has 4 bridgehead atoms. The van der Waals surface area contributed by atoms with Gasteiger partial charge in [-0.1, -0.05) is 70.2 Å². The minimum absolute atomic E-state index is 0.000712. The number of Topliss-reactive ketones (excluding diaryl/α,β-unsaturated/α-hetero) is 2. The van der Waals surface area contributed by atoms with Crippen LogP contribution in [0, 0.1) is 27.6 Å². The van der Waals surface area contributed by atoms with Crippen LogP contribution in [-0.4, -0.2) is 47.4 Å². The van der Waals surface area contributed by atoms with Crippen molar-refractivity contribution in [2.75, 3.05) is 6.79 Å². The SMILES string of the molecule is C=C1[C@@]23C4=C(CC[C@@]2(C)[C@]1(C)C[C@@H]3OCOCc1ccccc1)[C@@H](O)[C@]12CC(=O)[C@H](O1)C(C)(C)[C@H]2C(=O)C4. The van der Waals surface area contributed by atoms with E-state index < -0.39 is 34.6 Å². The van der Waals surface area contributed by atoms with Crippen LogP contribution in [0.4, 0.5) is 0 Å². The van der Waals surface area contributed by atoms with Crippen LogP contribution in [0.1, 0.15) is 65.4 Å². The van der Waals surface area contributed by atoms with Crippen LogP contribution in [0.5, 0.6) is 0 Å². The third kappa shape index (κ3) is 2.55. The Morgan fingerprint density at radius 3 is 2.58 bits per heavy atom. The molecule has 0 unspecified atom stereocenters. The lowest BCUT2D eigenvalue weighted by Crippen LogP contribution is -2.63. The molecule has 1 aromatic carbocycles. The molecule has 6 heteroatoms. The summed E-state index contributed by atoms with van der Waals surface area (Å²) in [6.45, 7) is 13.7. The predicted molar refractivity (Wildman–Crippen MR) is 140 cm³/mol. The number of carbonyl (C=O) groups excluding carboxylic acids is 2. The molecular weight excluding hydrogens is 480 g/mol. The third-order valence-electron chi connectivity index (χ3n) is 12.0. The van der Waals surface area contributed by atoms with Gasteiger partial charge in [-0.2, -0.15) is 0 Å². The number of benzene rings is 1. The van der Waals surface area contributed by atoms with Crippen molar-refractivity contribution in [2.45, 2.75) is 90.3 Å². The van der Waals surface area contributed by atoms with E-state index in [2.05, 4.69) is 20.4 Å². The van der Waals surface area contributed by atoms with E-state index in [1.165, 1.54) is 0 Å². The highest BCUT2D eigenvalue weighted by molar-refractivity contribution is 5.96. The molecule has 0 amide bonds. The van der Waals surface area contributed by atoms with Crippen molar-refractivity contribution < 1.29 is 28.9 Å². The first-order valence-corrected chi connectivity index (χ1v) is 14.0. The van der Waals surface area contributed by atoms with Gasteiger partial charge in [-0.15, -0.1) is 0 Å². The molecule has 2 heterocycles. The summed E-state index contributed by atoms with van der Waals surface area (Å²) in [6.07, 6.45) is 0.930. The van der Waals surface area contributed by atoms with Gasteiger partial charge in [0.2, 0.25) is 0 Å². The molecule has 2 spiro atoms. The smallest absolute Gasteiger partial charge is 0.165 e.